The molecular weight excluding hydrogens is 233 g/mol. The Bertz CT molecular complexity index is 473. The molecule has 0 fully saturated rings. The van der Waals surface area contributed by atoms with E-state index in [9.17, 15) is 9.18 Å². The van der Waals surface area contributed by atoms with Gasteiger partial charge in [0.05, 0.1) is 7.11 Å². The topological polar surface area (TPSA) is 38.3 Å². The van der Waals surface area contributed by atoms with Gasteiger partial charge in [-0.15, -0.1) is 0 Å². The SMILES string of the molecule is COC(=O)C1(NC(C)C)CCc2cc(F)ccc21. The first kappa shape index (κ1) is 13.0. The second kappa shape index (κ2) is 4.69. The molecule has 1 aliphatic carbocycles. The van der Waals surface area contributed by atoms with Crippen LogP contribution in [0.15, 0.2) is 18.2 Å². The van der Waals surface area contributed by atoms with E-state index in [4.69, 9.17) is 4.74 Å². The molecule has 0 aliphatic heterocycles. The van der Waals surface area contributed by atoms with E-state index in [1.165, 1.54) is 19.2 Å². The predicted molar refractivity (Wildman–Crippen MR) is 66.7 cm³/mol. The van der Waals surface area contributed by atoms with Crippen molar-refractivity contribution in [2.75, 3.05) is 7.11 Å². The minimum Gasteiger partial charge on any atom is -0.467 e. The summed E-state index contributed by atoms with van der Waals surface area (Å²) in [4.78, 5) is 12.1. The quantitative estimate of drug-likeness (QED) is 0.836. The number of esters is 1. The van der Waals surface area contributed by atoms with Crippen LogP contribution in [0, 0.1) is 5.82 Å². The van der Waals surface area contributed by atoms with Crippen molar-refractivity contribution in [1.29, 1.82) is 0 Å². The van der Waals surface area contributed by atoms with Gasteiger partial charge in [0.2, 0.25) is 0 Å². The van der Waals surface area contributed by atoms with Crippen LogP contribution in [0.3, 0.4) is 0 Å². The molecule has 18 heavy (non-hydrogen) atoms. The fraction of sp³-hybridized carbons (Fsp3) is 0.500. The molecule has 2 rings (SSSR count). The lowest BCUT2D eigenvalue weighted by Gasteiger charge is -2.31. The van der Waals surface area contributed by atoms with E-state index >= 15 is 0 Å². The molecule has 0 heterocycles. The van der Waals surface area contributed by atoms with E-state index in [2.05, 4.69) is 5.32 Å². The summed E-state index contributed by atoms with van der Waals surface area (Å²) in [6, 6.07) is 4.72. The Balaban J connectivity index is 2.49. The van der Waals surface area contributed by atoms with Crippen molar-refractivity contribution < 1.29 is 13.9 Å². The molecule has 1 aliphatic rings. The molecule has 3 nitrogen and oxygen atoms in total. The van der Waals surface area contributed by atoms with Gasteiger partial charge in [-0.25, -0.2) is 9.18 Å². The van der Waals surface area contributed by atoms with Crippen molar-refractivity contribution in [2.45, 2.75) is 38.3 Å². The van der Waals surface area contributed by atoms with Crippen LogP contribution in [0.5, 0.6) is 0 Å². The van der Waals surface area contributed by atoms with Crippen molar-refractivity contribution >= 4 is 5.97 Å². The Labute approximate surface area is 106 Å². The number of rotatable bonds is 3. The van der Waals surface area contributed by atoms with Crippen molar-refractivity contribution in [3.8, 4) is 0 Å². The van der Waals surface area contributed by atoms with Gasteiger partial charge in [0, 0.05) is 6.04 Å². The number of hydrogen-bond acceptors (Lipinski definition) is 3. The summed E-state index contributed by atoms with van der Waals surface area (Å²) >= 11 is 0. The number of methoxy groups -OCH3 is 1. The normalized spacial score (nSPS) is 22.1. The molecule has 0 saturated heterocycles. The zero-order chi connectivity index (χ0) is 13.3. The minimum absolute atomic E-state index is 0.139. The average Bonchev–Trinajstić information content (AvgIpc) is 2.66. The first-order valence-electron chi connectivity index (χ1n) is 6.14. The van der Waals surface area contributed by atoms with E-state index in [-0.39, 0.29) is 17.8 Å². The third kappa shape index (κ3) is 2.01. The van der Waals surface area contributed by atoms with Gasteiger partial charge >= 0.3 is 5.97 Å². The summed E-state index contributed by atoms with van der Waals surface area (Å²) in [5.74, 6) is -0.569. The second-order valence-electron chi connectivity index (χ2n) is 5.00. The smallest absolute Gasteiger partial charge is 0.330 e. The third-order valence-corrected chi connectivity index (χ3v) is 3.37. The highest BCUT2D eigenvalue weighted by Crippen LogP contribution is 2.38. The molecule has 0 aromatic heterocycles. The Hall–Kier alpha value is -1.42. The molecule has 4 heteroatoms. The van der Waals surface area contributed by atoms with Crippen molar-refractivity contribution in [3.63, 3.8) is 0 Å². The number of halogens is 1. The van der Waals surface area contributed by atoms with Gasteiger partial charge < -0.3 is 4.74 Å². The molecule has 1 aromatic carbocycles. The summed E-state index contributed by atoms with van der Waals surface area (Å²) in [6.45, 7) is 3.96. The Morgan fingerprint density at radius 2 is 2.22 bits per heavy atom. The van der Waals surface area contributed by atoms with Crippen LogP contribution < -0.4 is 5.32 Å². The maximum absolute atomic E-state index is 13.2. The van der Waals surface area contributed by atoms with Crippen LogP contribution in [-0.2, 0) is 21.5 Å². The van der Waals surface area contributed by atoms with Crippen LogP contribution in [0.4, 0.5) is 4.39 Å². The van der Waals surface area contributed by atoms with Crippen LogP contribution in [0.25, 0.3) is 0 Å². The zero-order valence-corrected chi connectivity index (χ0v) is 10.9. The lowest BCUT2D eigenvalue weighted by molar-refractivity contribution is -0.149. The third-order valence-electron chi connectivity index (χ3n) is 3.37. The maximum Gasteiger partial charge on any atom is 0.330 e. The van der Waals surface area contributed by atoms with Crippen LogP contribution in [0.1, 0.15) is 31.4 Å². The lowest BCUT2D eigenvalue weighted by atomic mass is 9.91. The van der Waals surface area contributed by atoms with E-state index in [0.29, 0.717) is 12.8 Å². The Morgan fingerprint density at radius 3 is 2.83 bits per heavy atom. The molecule has 0 spiro atoms. The summed E-state index contributed by atoms with van der Waals surface area (Å²) in [6.07, 6.45) is 1.29. The van der Waals surface area contributed by atoms with E-state index in [0.717, 1.165) is 11.1 Å². The van der Waals surface area contributed by atoms with E-state index in [1.54, 1.807) is 6.07 Å². The highest BCUT2D eigenvalue weighted by atomic mass is 19.1. The fourth-order valence-corrected chi connectivity index (χ4v) is 2.73. The molecule has 1 aromatic rings. The molecule has 1 atom stereocenters. The molecule has 0 bridgehead atoms. The summed E-state index contributed by atoms with van der Waals surface area (Å²) in [7, 11) is 1.38. The minimum atomic E-state index is -0.827. The molecule has 98 valence electrons. The summed E-state index contributed by atoms with van der Waals surface area (Å²) in [5, 5.41) is 3.28. The molecule has 1 unspecified atom stereocenters. The molecule has 0 amide bonds. The van der Waals surface area contributed by atoms with Crippen LogP contribution in [0.2, 0.25) is 0 Å². The van der Waals surface area contributed by atoms with Gasteiger partial charge in [-0.3, -0.25) is 5.32 Å². The van der Waals surface area contributed by atoms with E-state index < -0.39 is 5.54 Å². The number of aryl methyl sites for hydroxylation is 1. The zero-order valence-electron chi connectivity index (χ0n) is 10.9. The summed E-state index contributed by atoms with van der Waals surface area (Å²) < 4.78 is 18.2. The van der Waals surface area contributed by atoms with Crippen molar-refractivity contribution in [3.05, 3.63) is 35.1 Å². The fourth-order valence-electron chi connectivity index (χ4n) is 2.73. The first-order valence-corrected chi connectivity index (χ1v) is 6.14. The first-order chi connectivity index (χ1) is 8.49. The predicted octanol–water partition coefficient (Wildman–Crippen LogP) is 2.14. The average molecular weight is 251 g/mol. The molecule has 1 N–H and O–H groups in total. The number of benzene rings is 1. The van der Waals surface area contributed by atoms with Gasteiger partial charge in [-0.1, -0.05) is 6.07 Å². The number of hydrogen-bond donors (Lipinski definition) is 1. The number of carbonyl (C=O) groups excluding carboxylic acids is 1. The van der Waals surface area contributed by atoms with Crippen molar-refractivity contribution in [1.82, 2.24) is 5.32 Å². The Kier molecular flexibility index (Phi) is 3.39. The summed E-state index contributed by atoms with van der Waals surface area (Å²) in [5.41, 5.74) is 0.893. The van der Waals surface area contributed by atoms with Gasteiger partial charge in [-0.2, -0.15) is 0 Å². The monoisotopic (exact) mass is 251 g/mol. The highest BCUT2D eigenvalue weighted by molar-refractivity contribution is 5.84. The molecule has 0 saturated carbocycles. The van der Waals surface area contributed by atoms with E-state index in [1.807, 2.05) is 13.8 Å². The molecule has 0 radical (unpaired) electrons. The number of carbonyl (C=O) groups is 1. The highest BCUT2D eigenvalue weighted by Gasteiger charge is 2.46. The van der Waals surface area contributed by atoms with Gasteiger partial charge in [0.25, 0.3) is 0 Å². The van der Waals surface area contributed by atoms with Crippen LogP contribution in [-0.4, -0.2) is 19.1 Å². The maximum atomic E-state index is 13.2. The number of nitrogens with one attached hydrogen (secondary N) is 1. The van der Waals surface area contributed by atoms with Gasteiger partial charge in [0.15, 0.2) is 0 Å². The lowest BCUT2D eigenvalue weighted by Crippen LogP contribution is -2.51. The van der Waals surface area contributed by atoms with Gasteiger partial charge in [0.1, 0.15) is 11.4 Å². The molecular formula is C14H18FNO2. The second-order valence-corrected chi connectivity index (χ2v) is 5.00. The standard InChI is InChI=1S/C14H18FNO2/c1-9(2)16-14(13(17)18-3)7-6-10-8-11(15)4-5-12(10)14/h4-5,8-9,16H,6-7H2,1-3H3. The van der Waals surface area contributed by atoms with Crippen molar-refractivity contribution in [2.24, 2.45) is 0 Å². The van der Waals surface area contributed by atoms with Gasteiger partial charge in [-0.05, 0) is 49.9 Å². The number of fused-ring (bicyclic) bond motifs is 1. The Morgan fingerprint density at radius 1 is 1.50 bits per heavy atom. The number of ether oxygens (including phenoxy) is 1. The largest absolute Gasteiger partial charge is 0.467 e. The van der Waals surface area contributed by atoms with Crippen LogP contribution >= 0.6 is 0 Å².